The van der Waals surface area contributed by atoms with Crippen LogP contribution in [0.15, 0.2) is 42.5 Å². The summed E-state index contributed by atoms with van der Waals surface area (Å²) in [5.74, 6) is -0.433. The van der Waals surface area contributed by atoms with Crippen LogP contribution in [-0.2, 0) is 11.3 Å². The van der Waals surface area contributed by atoms with Crippen LogP contribution in [0.25, 0.3) is 22.2 Å². The molecule has 5 rings (SSSR count). The van der Waals surface area contributed by atoms with Gasteiger partial charge in [-0.2, -0.15) is 0 Å². The number of carbonyl (C=O) groups is 2. The van der Waals surface area contributed by atoms with E-state index < -0.39 is 11.6 Å². The quantitative estimate of drug-likeness (QED) is 0.340. The molecule has 1 N–H and O–H groups in total. The van der Waals surface area contributed by atoms with Gasteiger partial charge in [0.1, 0.15) is 5.60 Å². The lowest BCUT2D eigenvalue weighted by molar-refractivity contribution is 0.0286. The largest absolute Gasteiger partial charge is 0.478 e. The summed E-state index contributed by atoms with van der Waals surface area (Å²) in [4.78, 5) is 30.8. The maximum absolute atomic E-state index is 12.5. The number of anilines is 1. The minimum absolute atomic E-state index is 0.132. The summed E-state index contributed by atoms with van der Waals surface area (Å²) >= 11 is 0. The molecule has 3 aromatic rings. The molecule has 42 heavy (non-hydrogen) atoms. The van der Waals surface area contributed by atoms with E-state index in [4.69, 9.17) is 4.74 Å². The molecule has 1 aromatic heterocycles. The second-order valence-corrected chi connectivity index (χ2v) is 13.2. The summed E-state index contributed by atoms with van der Waals surface area (Å²) in [6.45, 7) is 8.42. The number of benzene rings is 2. The molecule has 2 aliphatic rings. The summed E-state index contributed by atoms with van der Waals surface area (Å²) in [6.07, 6.45) is 5.77. The molecule has 2 aromatic carbocycles. The Morgan fingerprint density at radius 1 is 1.02 bits per heavy atom. The lowest BCUT2D eigenvalue weighted by atomic mass is 9.81. The third kappa shape index (κ3) is 6.14. The van der Waals surface area contributed by atoms with E-state index >= 15 is 0 Å². The fourth-order valence-electron chi connectivity index (χ4n) is 6.69. The molecule has 1 amide bonds. The van der Waals surface area contributed by atoms with Crippen LogP contribution >= 0.6 is 0 Å². The second kappa shape index (κ2) is 12.0. The van der Waals surface area contributed by atoms with Gasteiger partial charge in [-0.3, -0.25) is 0 Å². The first-order valence-electron chi connectivity index (χ1n) is 15.3. The number of carboxylic acid groups (broad SMARTS) is 1. The smallest absolute Gasteiger partial charge is 0.410 e. The Morgan fingerprint density at radius 3 is 2.43 bits per heavy atom. The fraction of sp³-hybridized carbons (Fsp3) is 0.529. The number of aromatic carboxylic acids is 1. The SMILES string of the molecule is CN(CCN(C)C(=O)OC(C)(C)C)CC1Cn2c(c(C3CCCCC3)c3ccc(C(=O)O)cc32)-c2ccccc2N1C. The van der Waals surface area contributed by atoms with Crippen LogP contribution in [-0.4, -0.2) is 84.0 Å². The van der Waals surface area contributed by atoms with Gasteiger partial charge in [0.15, 0.2) is 0 Å². The summed E-state index contributed by atoms with van der Waals surface area (Å²) < 4.78 is 7.93. The molecule has 1 fully saturated rings. The van der Waals surface area contributed by atoms with Crippen molar-refractivity contribution in [3.63, 3.8) is 0 Å². The first-order valence-corrected chi connectivity index (χ1v) is 15.3. The van der Waals surface area contributed by atoms with Gasteiger partial charge in [-0.25, -0.2) is 9.59 Å². The molecule has 1 aliphatic heterocycles. The Labute approximate surface area is 249 Å². The third-order valence-corrected chi connectivity index (χ3v) is 8.89. The Bertz CT molecular complexity index is 1450. The molecule has 8 nitrogen and oxygen atoms in total. The normalized spacial score (nSPS) is 17.6. The summed E-state index contributed by atoms with van der Waals surface area (Å²) in [6, 6.07) is 14.5. The molecule has 0 bridgehead atoms. The molecule has 1 unspecified atom stereocenters. The van der Waals surface area contributed by atoms with Crippen LogP contribution in [0.2, 0.25) is 0 Å². The van der Waals surface area contributed by atoms with Crippen molar-refractivity contribution in [3.05, 3.63) is 53.6 Å². The molecular weight excluding hydrogens is 528 g/mol. The predicted octanol–water partition coefficient (Wildman–Crippen LogP) is 6.67. The molecule has 8 heteroatoms. The summed E-state index contributed by atoms with van der Waals surface area (Å²) in [5.41, 5.74) is 5.84. The van der Waals surface area contributed by atoms with Gasteiger partial charge in [-0.15, -0.1) is 0 Å². The fourth-order valence-corrected chi connectivity index (χ4v) is 6.69. The molecule has 0 radical (unpaired) electrons. The number of aromatic nitrogens is 1. The van der Waals surface area contributed by atoms with Gasteiger partial charge < -0.3 is 29.1 Å². The number of carboxylic acids is 1. The van der Waals surface area contributed by atoms with Gasteiger partial charge >= 0.3 is 12.1 Å². The van der Waals surface area contributed by atoms with Gasteiger partial charge in [-0.05, 0) is 70.3 Å². The van der Waals surface area contributed by atoms with Crippen molar-refractivity contribution >= 4 is 28.7 Å². The van der Waals surface area contributed by atoms with E-state index in [1.165, 1.54) is 60.0 Å². The summed E-state index contributed by atoms with van der Waals surface area (Å²) in [7, 11) is 6.04. The maximum atomic E-state index is 12.5. The first-order chi connectivity index (χ1) is 19.9. The molecule has 2 heterocycles. The number of para-hydroxylation sites is 1. The van der Waals surface area contributed by atoms with E-state index in [1.807, 2.05) is 32.9 Å². The Balaban J connectivity index is 1.51. The molecule has 0 saturated heterocycles. The van der Waals surface area contributed by atoms with Crippen LogP contribution in [0.5, 0.6) is 0 Å². The molecular formula is C34H46N4O4. The van der Waals surface area contributed by atoms with Crippen LogP contribution in [0.4, 0.5) is 10.5 Å². The van der Waals surface area contributed by atoms with Gasteiger partial charge in [0, 0.05) is 62.4 Å². The zero-order chi connectivity index (χ0) is 30.2. The van der Waals surface area contributed by atoms with E-state index in [-0.39, 0.29) is 12.1 Å². The van der Waals surface area contributed by atoms with Gasteiger partial charge in [0.05, 0.1) is 17.3 Å². The van der Waals surface area contributed by atoms with E-state index in [9.17, 15) is 14.7 Å². The predicted molar refractivity (Wildman–Crippen MR) is 169 cm³/mol. The van der Waals surface area contributed by atoms with Crippen LogP contribution in [0, 0.1) is 0 Å². The molecule has 1 aliphatic carbocycles. The average Bonchev–Trinajstić information content (AvgIpc) is 3.21. The van der Waals surface area contributed by atoms with E-state index in [1.54, 1.807) is 18.0 Å². The minimum atomic E-state index is -0.900. The van der Waals surface area contributed by atoms with Crippen molar-refractivity contribution in [2.45, 2.75) is 77.0 Å². The monoisotopic (exact) mass is 574 g/mol. The molecule has 0 spiro atoms. The number of rotatable bonds is 7. The van der Waals surface area contributed by atoms with E-state index in [0.29, 0.717) is 24.6 Å². The van der Waals surface area contributed by atoms with Gasteiger partial charge in [0.2, 0.25) is 0 Å². The van der Waals surface area contributed by atoms with E-state index in [2.05, 4.69) is 52.7 Å². The van der Waals surface area contributed by atoms with Crippen LogP contribution in [0.1, 0.15) is 74.7 Å². The van der Waals surface area contributed by atoms with Crippen molar-refractivity contribution < 1.29 is 19.4 Å². The highest BCUT2D eigenvalue weighted by Crippen LogP contribution is 2.47. The number of likely N-dealkylation sites (N-methyl/N-ethyl adjacent to an activating group) is 3. The standard InChI is InChI=1S/C34H46N4O4/c1-34(2,3)42-33(41)36(5)19-18-35(4)21-25-22-38-29-20-24(32(39)40)16-17-26(29)30(23-12-8-7-9-13-23)31(38)27-14-10-11-15-28(27)37(25)6/h10-11,14-17,20,23,25H,7-9,12-13,18-19,21-22H2,1-6H3,(H,39,40). The van der Waals surface area contributed by atoms with Crippen molar-refractivity contribution in [3.8, 4) is 11.3 Å². The number of hydrogen-bond donors (Lipinski definition) is 1. The Kier molecular flexibility index (Phi) is 8.56. The average molecular weight is 575 g/mol. The number of ether oxygens (including phenoxy) is 1. The second-order valence-electron chi connectivity index (χ2n) is 13.2. The Hall–Kier alpha value is -3.52. The number of nitrogens with zero attached hydrogens (tertiary/aromatic N) is 4. The highest BCUT2D eigenvalue weighted by Gasteiger charge is 2.33. The first kappa shape index (κ1) is 30.0. The molecule has 226 valence electrons. The van der Waals surface area contributed by atoms with Crippen LogP contribution < -0.4 is 4.90 Å². The maximum Gasteiger partial charge on any atom is 0.410 e. The van der Waals surface area contributed by atoms with Crippen molar-refractivity contribution in [2.24, 2.45) is 0 Å². The highest BCUT2D eigenvalue weighted by molar-refractivity contribution is 5.99. The lowest BCUT2D eigenvalue weighted by Gasteiger charge is -2.33. The van der Waals surface area contributed by atoms with Gasteiger partial charge in [0.25, 0.3) is 0 Å². The zero-order valence-electron chi connectivity index (χ0n) is 26.0. The number of carbonyl (C=O) groups excluding carboxylic acids is 1. The van der Waals surface area contributed by atoms with E-state index in [0.717, 1.165) is 18.6 Å². The van der Waals surface area contributed by atoms with Crippen LogP contribution in [0.3, 0.4) is 0 Å². The van der Waals surface area contributed by atoms with Crippen molar-refractivity contribution in [2.75, 3.05) is 45.7 Å². The van der Waals surface area contributed by atoms with Gasteiger partial charge in [-0.1, -0.05) is 43.5 Å². The van der Waals surface area contributed by atoms with Crippen molar-refractivity contribution in [1.29, 1.82) is 0 Å². The molecule has 1 atom stereocenters. The highest BCUT2D eigenvalue weighted by atomic mass is 16.6. The molecule has 1 saturated carbocycles. The topological polar surface area (TPSA) is 78.2 Å². The zero-order valence-corrected chi connectivity index (χ0v) is 26.0. The summed E-state index contributed by atoms with van der Waals surface area (Å²) in [5, 5.41) is 11.1. The number of fused-ring (bicyclic) bond motifs is 5. The number of amides is 1. The Morgan fingerprint density at radius 2 is 1.74 bits per heavy atom. The minimum Gasteiger partial charge on any atom is -0.478 e. The van der Waals surface area contributed by atoms with Crippen molar-refractivity contribution in [1.82, 2.24) is 14.4 Å². The third-order valence-electron chi connectivity index (χ3n) is 8.89. The number of hydrogen-bond acceptors (Lipinski definition) is 5. The lowest BCUT2D eigenvalue weighted by Crippen LogP contribution is -2.45.